The topological polar surface area (TPSA) is 24.5 Å². The van der Waals surface area contributed by atoms with Crippen molar-refractivity contribution in [2.24, 2.45) is 5.92 Å². The number of nitrogens with zero attached hydrogens (tertiary/aromatic N) is 1. The fourth-order valence-electron chi connectivity index (χ4n) is 3.00. The van der Waals surface area contributed by atoms with E-state index in [0.717, 1.165) is 18.7 Å². The summed E-state index contributed by atoms with van der Waals surface area (Å²) in [6.07, 6.45) is 2.48. The first-order chi connectivity index (χ1) is 10.1. The molecule has 1 aromatic carbocycles. The summed E-state index contributed by atoms with van der Waals surface area (Å²) >= 11 is 0. The van der Waals surface area contributed by atoms with Gasteiger partial charge >= 0.3 is 0 Å². The number of hydrogen-bond acceptors (Lipinski definition) is 3. The van der Waals surface area contributed by atoms with Gasteiger partial charge in [-0.25, -0.2) is 4.39 Å². The Bertz CT molecular complexity index is 452. The van der Waals surface area contributed by atoms with Crippen molar-refractivity contribution in [2.75, 3.05) is 31.7 Å². The molecule has 1 aliphatic rings. The second-order valence-corrected chi connectivity index (χ2v) is 6.13. The third-order valence-electron chi connectivity index (χ3n) is 4.27. The molecule has 0 aliphatic carbocycles. The van der Waals surface area contributed by atoms with E-state index in [2.05, 4.69) is 24.1 Å². The van der Waals surface area contributed by atoms with Crippen LogP contribution in [-0.2, 0) is 11.3 Å². The minimum atomic E-state index is -0.167. The standard InChI is InChI=1S/C17H27FN2O/c1-13-4-5-14(2)20(12-13)17-7-6-16(18)10-15(17)11-19-8-9-21-3/h6-7,10,13-14,19H,4-5,8-9,11-12H2,1-3H3. The Morgan fingerprint density at radius 1 is 1.33 bits per heavy atom. The smallest absolute Gasteiger partial charge is 0.123 e. The molecule has 4 heteroatoms. The van der Waals surface area contributed by atoms with Gasteiger partial charge in [0.25, 0.3) is 0 Å². The highest BCUT2D eigenvalue weighted by molar-refractivity contribution is 5.55. The lowest BCUT2D eigenvalue weighted by Gasteiger charge is -2.39. The summed E-state index contributed by atoms with van der Waals surface area (Å²) in [6.45, 7) is 7.72. The Kier molecular flexibility index (Phi) is 6.00. The molecule has 1 heterocycles. The van der Waals surface area contributed by atoms with Crippen LogP contribution in [0.2, 0.25) is 0 Å². The van der Waals surface area contributed by atoms with E-state index < -0.39 is 0 Å². The van der Waals surface area contributed by atoms with Crippen molar-refractivity contribution in [2.45, 2.75) is 39.3 Å². The van der Waals surface area contributed by atoms with E-state index in [0.29, 0.717) is 25.1 Å². The van der Waals surface area contributed by atoms with Gasteiger partial charge in [-0.2, -0.15) is 0 Å². The van der Waals surface area contributed by atoms with Gasteiger partial charge in [0.1, 0.15) is 5.82 Å². The Labute approximate surface area is 127 Å². The van der Waals surface area contributed by atoms with E-state index in [-0.39, 0.29) is 5.82 Å². The number of methoxy groups -OCH3 is 1. The average Bonchev–Trinajstić information content (AvgIpc) is 2.47. The van der Waals surface area contributed by atoms with Crippen molar-refractivity contribution >= 4 is 5.69 Å². The van der Waals surface area contributed by atoms with Crippen LogP contribution in [0.5, 0.6) is 0 Å². The van der Waals surface area contributed by atoms with Crippen LogP contribution in [0.3, 0.4) is 0 Å². The zero-order chi connectivity index (χ0) is 15.2. The first-order valence-electron chi connectivity index (χ1n) is 7.86. The predicted molar refractivity (Wildman–Crippen MR) is 85.2 cm³/mol. The molecule has 1 saturated heterocycles. The zero-order valence-corrected chi connectivity index (χ0v) is 13.4. The third kappa shape index (κ3) is 4.42. The van der Waals surface area contributed by atoms with Gasteiger partial charge in [-0.15, -0.1) is 0 Å². The van der Waals surface area contributed by atoms with Gasteiger partial charge in [-0.1, -0.05) is 6.92 Å². The van der Waals surface area contributed by atoms with Crippen LogP contribution in [0.1, 0.15) is 32.3 Å². The molecule has 0 amide bonds. The molecule has 1 fully saturated rings. The maximum Gasteiger partial charge on any atom is 0.123 e. The SMILES string of the molecule is COCCNCc1cc(F)ccc1N1CC(C)CCC1C. The lowest BCUT2D eigenvalue weighted by Crippen LogP contribution is -2.41. The molecule has 0 bridgehead atoms. The Hall–Kier alpha value is -1.13. The molecule has 0 saturated carbocycles. The molecule has 3 nitrogen and oxygen atoms in total. The summed E-state index contributed by atoms with van der Waals surface area (Å²) in [4.78, 5) is 2.43. The molecule has 0 aromatic heterocycles. The first kappa shape index (κ1) is 16.2. The fourth-order valence-corrected chi connectivity index (χ4v) is 3.00. The van der Waals surface area contributed by atoms with Crippen LogP contribution in [-0.4, -0.2) is 32.8 Å². The summed E-state index contributed by atoms with van der Waals surface area (Å²) in [5.41, 5.74) is 2.20. The molecule has 1 aromatic rings. The highest BCUT2D eigenvalue weighted by Crippen LogP contribution is 2.30. The number of anilines is 1. The number of benzene rings is 1. The van der Waals surface area contributed by atoms with Crippen molar-refractivity contribution in [1.82, 2.24) is 5.32 Å². The molecule has 1 N–H and O–H groups in total. The molecule has 1 aliphatic heterocycles. The summed E-state index contributed by atoms with van der Waals surface area (Å²) < 4.78 is 18.6. The van der Waals surface area contributed by atoms with E-state index in [4.69, 9.17) is 4.74 Å². The summed E-state index contributed by atoms with van der Waals surface area (Å²) in [5, 5.41) is 3.32. The Morgan fingerprint density at radius 2 is 2.14 bits per heavy atom. The number of nitrogens with one attached hydrogen (secondary N) is 1. The van der Waals surface area contributed by atoms with Crippen molar-refractivity contribution in [1.29, 1.82) is 0 Å². The normalized spacial score (nSPS) is 22.6. The van der Waals surface area contributed by atoms with Crippen LogP contribution < -0.4 is 10.2 Å². The van der Waals surface area contributed by atoms with Crippen molar-refractivity contribution in [3.05, 3.63) is 29.6 Å². The summed E-state index contributed by atoms with van der Waals surface area (Å²) in [7, 11) is 1.69. The van der Waals surface area contributed by atoms with E-state index in [1.165, 1.54) is 18.5 Å². The van der Waals surface area contributed by atoms with E-state index >= 15 is 0 Å². The van der Waals surface area contributed by atoms with Gasteiger partial charge in [0.15, 0.2) is 0 Å². The predicted octanol–water partition coefficient (Wildman–Crippen LogP) is 3.19. The van der Waals surface area contributed by atoms with Crippen LogP contribution in [0.4, 0.5) is 10.1 Å². The van der Waals surface area contributed by atoms with Gasteiger partial charge in [-0.3, -0.25) is 0 Å². The van der Waals surface area contributed by atoms with Crippen LogP contribution in [0.15, 0.2) is 18.2 Å². The maximum absolute atomic E-state index is 13.6. The van der Waals surface area contributed by atoms with Gasteiger partial charge in [0.2, 0.25) is 0 Å². The lowest BCUT2D eigenvalue weighted by atomic mass is 9.93. The van der Waals surface area contributed by atoms with Gasteiger partial charge < -0.3 is 15.0 Å². The van der Waals surface area contributed by atoms with Gasteiger partial charge in [0.05, 0.1) is 6.61 Å². The van der Waals surface area contributed by atoms with Gasteiger partial charge in [-0.05, 0) is 49.4 Å². The second kappa shape index (κ2) is 7.76. The molecule has 2 atom stereocenters. The van der Waals surface area contributed by atoms with Crippen LogP contribution in [0, 0.1) is 11.7 Å². The highest BCUT2D eigenvalue weighted by atomic mass is 19.1. The molecular weight excluding hydrogens is 267 g/mol. The van der Waals surface area contributed by atoms with Gasteiger partial charge in [0, 0.05) is 38.5 Å². The van der Waals surface area contributed by atoms with E-state index in [9.17, 15) is 4.39 Å². The first-order valence-corrected chi connectivity index (χ1v) is 7.86. The largest absolute Gasteiger partial charge is 0.383 e. The fraction of sp³-hybridized carbons (Fsp3) is 0.647. The molecule has 118 valence electrons. The summed E-state index contributed by atoms with van der Waals surface area (Å²) in [6, 6.07) is 5.67. The van der Waals surface area contributed by atoms with Crippen molar-refractivity contribution in [3.63, 3.8) is 0 Å². The molecular formula is C17H27FN2O. The minimum absolute atomic E-state index is 0.167. The number of rotatable bonds is 6. The minimum Gasteiger partial charge on any atom is -0.383 e. The zero-order valence-electron chi connectivity index (χ0n) is 13.4. The quantitative estimate of drug-likeness (QED) is 0.816. The number of ether oxygens (including phenoxy) is 1. The molecule has 21 heavy (non-hydrogen) atoms. The Morgan fingerprint density at radius 3 is 2.90 bits per heavy atom. The third-order valence-corrected chi connectivity index (χ3v) is 4.27. The average molecular weight is 294 g/mol. The highest BCUT2D eigenvalue weighted by Gasteiger charge is 2.24. The number of hydrogen-bond donors (Lipinski definition) is 1. The van der Waals surface area contributed by atoms with Crippen LogP contribution >= 0.6 is 0 Å². The lowest BCUT2D eigenvalue weighted by molar-refractivity contribution is 0.199. The molecule has 0 radical (unpaired) electrons. The van der Waals surface area contributed by atoms with Crippen molar-refractivity contribution < 1.29 is 9.13 Å². The number of piperidine rings is 1. The molecule has 2 rings (SSSR count). The monoisotopic (exact) mass is 294 g/mol. The Balaban J connectivity index is 2.13. The van der Waals surface area contributed by atoms with E-state index in [1.54, 1.807) is 19.2 Å². The molecule has 0 spiro atoms. The summed E-state index contributed by atoms with van der Waals surface area (Å²) in [5.74, 6) is 0.528. The maximum atomic E-state index is 13.6. The van der Waals surface area contributed by atoms with Crippen LogP contribution in [0.25, 0.3) is 0 Å². The van der Waals surface area contributed by atoms with Crippen molar-refractivity contribution in [3.8, 4) is 0 Å². The van der Waals surface area contributed by atoms with E-state index in [1.807, 2.05) is 6.07 Å². The number of halogens is 1. The second-order valence-electron chi connectivity index (χ2n) is 6.13. The molecule has 2 unspecified atom stereocenters.